The van der Waals surface area contributed by atoms with Crippen molar-refractivity contribution in [2.75, 3.05) is 18.4 Å². The van der Waals surface area contributed by atoms with E-state index >= 15 is 0 Å². The van der Waals surface area contributed by atoms with Gasteiger partial charge in [-0.3, -0.25) is 9.59 Å². The second-order valence-corrected chi connectivity index (χ2v) is 7.04. The highest BCUT2D eigenvalue weighted by atomic mass is 35.5. The number of carbonyl (C=O) groups is 2. The molecular formula is C22H20ClN3O3. The molecule has 6 nitrogen and oxygen atoms in total. The van der Waals surface area contributed by atoms with Gasteiger partial charge in [-0.1, -0.05) is 18.2 Å². The molecule has 1 aliphatic heterocycles. The zero-order valence-corrected chi connectivity index (χ0v) is 16.5. The largest absolute Gasteiger partial charge is 0.490 e. The van der Waals surface area contributed by atoms with Gasteiger partial charge in [0.1, 0.15) is 17.9 Å². The first-order valence-corrected chi connectivity index (χ1v) is 9.57. The van der Waals surface area contributed by atoms with E-state index in [9.17, 15) is 9.59 Å². The number of rotatable bonds is 5. The lowest BCUT2D eigenvalue weighted by molar-refractivity contribution is -0.127. The van der Waals surface area contributed by atoms with Crippen molar-refractivity contribution in [2.45, 2.75) is 18.9 Å². The minimum Gasteiger partial charge on any atom is -0.490 e. The van der Waals surface area contributed by atoms with Gasteiger partial charge >= 0.3 is 0 Å². The summed E-state index contributed by atoms with van der Waals surface area (Å²) in [5.41, 5.74) is 1.22. The number of hydrogen-bond donors (Lipinski definition) is 1. The van der Waals surface area contributed by atoms with Crippen molar-refractivity contribution in [3.63, 3.8) is 0 Å². The van der Waals surface area contributed by atoms with E-state index in [4.69, 9.17) is 21.6 Å². The molecule has 29 heavy (non-hydrogen) atoms. The highest BCUT2D eigenvalue weighted by Gasteiger charge is 2.22. The predicted octanol–water partition coefficient (Wildman–Crippen LogP) is 4.02. The van der Waals surface area contributed by atoms with Crippen LogP contribution in [0.15, 0.2) is 55.1 Å². The molecule has 2 amide bonds. The van der Waals surface area contributed by atoms with Gasteiger partial charge < -0.3 is 15.0 Å². The summed E-state index contributed by atoms with van der Waals surface area (Å²) in [5.74, 6) is 0.326. The molecule has 0 bridgehead atoms. The van der Waals surface area contributed by atoms with E-state index < -0.39 is 0 Å². The molecule has 0 radical (unpaired) electrons. The summed E-state index contributed by atoms with van der Waals surface area (Å²) in [6.07, 6.45) is 2.90. The third-order valence-corrected chi connectivity index (χ3v) is 5.02. The summed E-state index contributed by atoms with van der Waals surface area (Å²) >= 11 is 5.90. The fourth-order valence-electron chi connectivity index (χ4n) is 3.09. The van der Waals surface area contributed by atoms with Crippen LogP contribution in [0.25, 0.3) is 0 Å². The van der Waals surface area contributed by atoms with E-state index in [0.717, 1.165) is 12.8 Å². The molecule has 1 heterocycles. The molecule has 0 aromatic heterocycles. The highest BCUT2D eigenvalue weighted by Crippen LogP contribution is 2.22. The molecule has 0 saturated carbocycles. The maximum absolute atomic E-state index is 12.4. The second kappa shape index (κ2) is 9.26. The van der Waals surface area contributed by atoms with Crippen LogP contribution in [0.1, 0.15) is 28.8 Å². The molecular weight excluding hydrogens is 390 g/mol. The Morgan fingerprint density at radius 3 is 2.52 bits per heavy atom. The van der Waals surface area contributed by atoms with E-state index in [1.807, 2.05) is 6.07 Å². The van der Waals surface area contributed by atoms with Crippen LogP contribution >= 0.6 is 11.6 Å². The smallest absolute Gasteiger partial charge is 0.255 e. The summed E-state index contributed by atoms with van der Waals surface area (Å²) in [7, 11) is 0. The van der Waals surface area contributed by atoms with Crippen molar-refractivity contribution in [3.8, 4) is 11.8 Å². The van der Waals surface area contributed by atoms with Gasteiger partial charge in [-0.15, -0.1) is 0 Å². The molecule has 1 fully saturated rings. The molecule has 1 saturated heterocycles. The fourth-order valence-corrected chi connectivity index (χ4v) is 3.25. The van der Waals surface area contributed by atoms with Crippen molar-refractivity contribution in [1.29, 1.82) is 5.26 Å². The van der Waals surface area contributed by atoms with Crippen molar-refractivity contribution in [2.24, 2.45) is 0 Å². The van der Waals surface area contributed by atoms with Crippen molar-refractivity contribution >= 4 is 29.1 Å². The SMILES string of the molecule is C=CC(=O)N1CCC(Oc2ccc(NC(=O)c3ccc(Cl)c(C#N)c3)cc2)CC1. The Kier molecular flexibility index (Phi) is 6.53. The van der Waals surface area contributed by atoms with Crippen molar-refractivity contribution in [1.82, 2.24) is 4.90 Å². The van der Waals surface area contributed by atoms with Gasteiger partial charge in [-0.05, 0) is 48.5 Å². The normalized spacial score (nSPS) is 14.0. The van der Waals surface area contributed by atoms with Gasteiger partial charge in [-0.2, -0.15) is 5.26 Å². The summed E-state index contributed by atoms with van der Waals surface area (Å²) in [4.78, 5) is 25.8. The third kappa shape index (κ3) is 5.15. The van der Waals surface area contributed by atoms with E-state index in [0.29, 0.717) is 35.1 Å². The number of benzene rings is 2. The van der Waals surface area contributed by atoms with Crippen LogP contribution in [0.3, 0.4) is 0 Å². The number of halogens is 1. The standard InChI is InChI=1S/C22H20ClN3O3/c1-2-21(27)26-11-9-19(10-12-26)29-18-6-4-17(5-7-18)25-22(28)15-3-8-20(23)16(13-15)14-24/h2-8,13,19H,1,9-12H2,(H,25,28). The number of likely N-dealkylation sites (tertiary alicyclic amines) is 1. The Bertz CT molecular complexity index is 958. The van der Waals surface area contributed by atoms with Gasteiger partial charge in [0.05, 0.1) is 10.6 Å². The zero-order chi connectivity index (χ0) is 20.8. The van der Waals surface area contributed by atoms with Crippen LogP contribution in [0, 0.1) is 11.3 Å². The number of nitrogens with zero attached hydrogens (tertiary/aromatic N) is 2. The number of ether oxygens (including phenoxy) is 1. The average molecular weight is 410 g/mol. The van der Waals surface area contributed by atoms with Crippen LogP contribution in [-0.4, -0.2) is 35.9 Å². The highest BCUT2D eigenvalue weighted by molar-refractivity contribution is 6.31. The molecule has 0 aliphatic carbocycles. The minimum absolute atomic E-state index is 0.0442. The van der Waals surface area contributed by atoms with Crippen molar-refractivity contribution in [3.05, 3.63) is 71.3 Å². The lowest BCUT2D eigenvalue weighted by Crippen LogP contribution is -2.41. The Balaban J connectivity index is 1.55. The maximum Gasteiger partial charge on any atom is 0.255 e. The first kappa shape index (κ1) is 20.4. The van der Waals surface area contributed by atoms with Crippen LogP contribution in [-0.2, 0) is 4.79 Å². The van der Waals surface area contributed by atoms with E-state index in [1.165, 1.54) is 18.2 Å². The van der Waals surface area contributed by atoms with E-state index in [1.54, 1.807) is 35.2 Å². The summed E-state index contributed by atoms with van der Waals surface area (Å²) in [6.45, 7) is 4.81. The first-order chi connectivity index (χ1) is 14.0. The Morgan fingerprint density at radius 2 is 1.90 bits per heavy atom. The van der Waals surface area contributed by atoms with Crippen LogP contribution in [0.4, 0.5) is 5.69 Å². The fraction of sp³-hybridized carbons (Fsp3) is 0.227. The number of nitriles is 1. The van der Waals surface area contributed by atoms with Gasteiger partial charge in [0.25, 0.3) is 5.91 Å². The zero-order valence-electron chi connectivity index (χ0n) is 15.7. The topological polar surface area (TPSA) is 82.4 Å². The molecule has 148 valence electrons. The van der Waals surface area contributed by atoms with Crippen LogP contribution < -0.4 is 10.1 Å². The summed E-state index contributed by atoms with van der Waals surface area (Å²) in [6, 6.07) is 13.6. The monoisotopic (exact) mass is 409 g/mol. The van der Waals surface area contributed by atoms with Crippen molar-refractivity contribution < 1.29 is 14.3 Å². The maximum atomic E-state index is 12.4. The Morgan fingerprint density at radius 1 is 1.21 bits per heavy atom. The number of nitrogens with one attached hydrogen (secondary N) is 1. The van der Waals surface area contributed by atoms with Gasteiger partial charge in [0.2, 0.25) is 5.91 Å². The molecule has 0 atom stereocenters. The number of hydrogen-bond acceptors (Lipinski definition) is 4. The molecule has 0 spiro atoms. The quantitative estimate of drug-likeness (QED) is 0.756. The number of carbonyl (C=O) groups excluding carboxylic acids is 2. The van der Waals surface area contributed by atoms with Gasteiger partial charge in [0.15, 0.2) is 0 Å². The molecule has 0 unspecified atom stereocenters. The molecule has 1 aliphatic rings. The van der Waals surface area contributed by atoms with E-state index in [2.05, 4.69) is 11.9 Å². The lowest BCUT2D eigenvalue weighted by Gasteiger charge is -2.31. The molecule has 1 N–H and O–H groups in total. The van der Waals surface area contributed by atoms with Gasteiger partial charge in [0, 0.05) is 37.2 Å². The predicted molar refractivity (Wildman–Crippen MR) is 111 cm³/mol. The van der Waals surface area contributed by atoms with E-state index in [-0.39, 0.29) is 23.5 Å². The minimum atomic E-state index is -0.328. The third-order valence-electron chi connectivity index (χ3n) is 4.69. The second-order valence-electron chi connectivity index (χ2n) is 6.63. The summed E-state index contributed by atoms with van der Waals surface area (Å²) in [5, 5.41) is 12.1. The molecule has 2 aromatic rings. The average Bonchev–Trinajstić information content (AvgIpc) is 2.75. The molecule has 3 rings (SSSR count). The Labute approximate surface area is 174 Å². The van der Waals surface area contributed by atoms with Gasteiger partial charge in [-0.25, -0.2) is 0 Å². The number of amides is 2. The molecule has 2 aromatic carbocycles. The number of piperidine rings is 1. The van der Waals surface area contributed by atoms with Crippen LogP contribution in [0.5, 0.6) is 5.75 Å². The first-order valence-electron chi connectivity index (χ1n) is 9.19. The summed E-state index contributed by atoms with van der Waals surface area (Å²) < 4.78 is 5.98. The van der Waals surface area contributed by atoms with Crippen LogP contribution in [0.2, 0.25) is 5.02 Å². The Hall–Kier alpha value is -3.30. The number of anilines is 1. The lowest BCUT2D eigenvalue weighted by atomic mass is 10.1. The molecule has 7 heteroatoms.